The Morgan fingerprint density at radius 3 is 2.36 bits per heavy atom. The standard InChI is InChI=1S/C16H21NO5/c1-9(2)8-11(12(18)10-6-4-3-5-7-10)17-15(19)13-14(22-13)16(20)21/h3-7,9,11-14,18H,8H2,1-2H3,(H,17,19)(H,20,21)/t11-,12+,13-,14-/m0/s1. The highest BCUT2D eigenvalue weighted by molar-refractivity contribution is 5.92. The molecule has 1 amide bonds. The Morgan fingerprint density at radius 1 is 1.23 bits per heavy atom. The summed E-state index contributed by atoms with van der Waals surface area (Å²) in [5.74, 6) is -1.38. The number of epoxide rings is 1. The van der Waals surface area contributed by atoms with E-state index in [0.29, 0.717) is 12.0 Å². The van der Waals surface area contributed by atoms with E-state index >= 15 is 0 Å². The fourth-order valence-corrected chi connectivity index (χ4v) is 2.42. The zero-order valence-electron chi connectivity index (χ0n) is 12.6. The third kappa shape index (κ3) is 4.05. The lowest BCUT2D eigenvalue weighted by atomic mass is 9.94. The minimum absolute atomic E-state index is 0.263. The molecule has 2 rings (SSSR count). The van der Waals surface area contributed by atoms with Crippen LogP contribution in [0.4, 0.5) is 0 Å². The molecule has 0 spiro atoms. The number of hydrogen-bond acceptors (Lipinski definition) is 4. The van der Waals surface area contributed by atoms with Crippen LogP contribution in [0.1, 0.15) is 31.9 Å². The number of rotatable bonds is 7. The molecule has 0 aromatic heterocycles. The van der Waals surface area contributed by atoms with E-state index in [9.17, 15) is 14.7 Å². The first-order valence-corrected chi connectivity index (χ1v) is 7.31. The molecule has 1 fully saturated rings. The van der Waals surface area contributed by atoms with Gasteiger partial charge in [0.1, 0.15) is 0 Å². The van der Waals surface area contributed by atoms with E-state index < -0.39 is 36.2 Å². The van der Waals surface area contributed by atoms with Gasteiger partial charge in [0.2, 0.25) is 0 Å². The number of benzene rings is 1. The summed E-state index contributed by atoms with van der Waals surface area (Å²) in [5.41, 5.74) is 0.708. The summed E-state index contributed by atoms with van der Waals surface area (Å²) in [6.07, 6.45) is -2.31. The zero-order valence-corrected chi connectivity index (χ0v) is 12.6. The fraction of sp³-hybridized carbons (Fsp3) is 0.500. The first-order valence-electron chi connectivity index (χ1n) is 7.31. The van der Waals surface area contributed by atoms with Gasteiger partial charge in [0, 0.05) is 0 Å². The van der Waals surface area contributed by atoms with Gasteiger partial charge in [0.25, 0.3) is 5.91 Å². The second kappa shape index (κ2) is 6.89. The lowest BCUT2D eigenvalue weighted by Crippen LogP contribution is -2.43. The molecule has 1 aromatic rings. The highest BCUT2D eigenvalue weighted by atomic mass is 16.6. The van der Waals surface area contributed by atoms with Crippen LogP contribution < -0.4 is 5.32 Å². The Morgan fingerprint density at radius 2 is 1.86 bits per heavy atom. The summed E-state index contributed by atoms with van der Waals surface area (Å²) in [7, 11) is 0. The van der Waals surface area contributed by atoms with Crippen LogP contribution in [0, 0.1) is 5.92 Å². The van der Waals surface area contributed by atoms with Gasteiger partial charge >= 0.3 is 5.97 Å². The molecule has 0 bridgehead atoms. The number of ether oxygens (including phenoxy) is 1. The molecular weight excluding hydrogens is 286 g/mol. The Bertz CT molecular complexity index is 531. The number of hydrogen-bond donors (Lipinski definition) is 3. The normalized spacial score (nSPS) is 22.9. The minimum Gasteiger partial charge on any atom is -0.479 e. The van der Waals surface area contributed by atoms with Gasteiger partial charge in [-0.2, -0.15) is 0 Å². The summed E-state index contributed by atoms with van der Waals surface area (Å²) < 4.78 is 4.84. The van der Waals surface area contributed by atoms with E-state index in [0.717, 1.165) is 0 Å². The number of amides is 1. The van der Waals surface area contributed by atoms with Crippen molar-refractivity contribution >= 4 is 11.9 Å². The van der Waals surface area contributed by atoms with E-state index in [-0.39, 0.29) is 5.92 Å². The molecule has 0 saturated carbocycles. The van der Waals surface area contributed by atoms with Gasteiger partial charge in [0.05, 0.1) is 12.1 Å². The van der Waals surface area contributed by atoms with Crippen molar-refractivity contribution in [3.05, 3.63) is 35.9 Å². The van der Waals surface area contributed by atoms with Gasteiger partial charge < -0.3 is 20.3 Å². The Kier molecular flexibility index (Phi) is 5.15. The molecule has 6 nitrogen and oxygen atoms in total. The lowest BCUT2D eigenvalue weighted by Gasteiger charge is -2.26. The average molecular weight is 307 g/mol. The van der Waals surface area contributed by atoms with Crippen LogP contribution in [0.15, 0.2) is 30.3 Å². The van der Waals surface area contributed by atoms with Crippen molar-refractivity contribution in [3.8, 4) is 0 Å². The summed E-state index contributed by atoms with van der Waals surface area (Å²) in [5, 5.41) is 22.0. The topological polar surface area (TPSA) is 99.2 Å². The smallest absolute Gasteiger partial charge is 0.336 e. The number of carboxylic acid groups (broad SMARTS) is 1. The Labute approximate surface area is 129 Å². The van der Waals surface area contributed by atoms with Crippen LogP contribution in [-0.4, -0.2) is 40.3 Å². The van der Waals surface area contributed by atoms with Gasteiger partial charge in [-0.1, -0.05) is 44.2 Å². The van der Waals surface area contributed by atoms with Crippen molar-refractivity contribution in [2.75, 3.05) is 0 Å². The molecule has 0 radical (unpaired) electrons. The molecule has 4 atom stereocenters. The number of carbonyl (C=O) groups is 2. The predicted octanol–water partition coefficient (Wildman–Crippen LogP) is 1.10. The first kappa shape index (κ1) is 16.5. The fourth-order valence-electron chi connectivity index (χ4n) is 2.42. The highest BCUT2D eigenvalue weighted by Gasteiger charge is 2.51. The summed E-state index contributed by atoms with van der Waals surface area (Å²) in [4.78, 5) is 22.8. The van der Waals surface area contributed by atoms with Gasteiger partial charge in [-0.15, -0.1) is 0 Å². The van der Waals surface area contributed by atoms with Crippen molar-refractivity contribution in [1.29, 1.82) is 0 Å². The number of aliphatic hydroxyl groups is 1. The molecule has 1 aliphatic heterocycles. The molecule has 1 saturated heterocycles. The summed E-state index contributed by atoms with van der Waals surface area (Å²) >= 11 is 0. The van der Waals surface area contributed by atoms with Gasteiger partial charge in [-0.3, -0.25) is 4.79 Å². The maximum atomic E-state index is 12.0. The highest BCUT2D eigenvalue weighted by Crippen LogP contribution is 2.25. The van der Waals surface area contributed by atoms with Crippen molar-refractivity contribution < 1.29 is 24.5 Å². The molecule has 1 aliphatic rings. The maximum absolute atomic E-state index is 12.0. The molecule has 6 heteroatoms. The van der Waals surface area contributed by atoms with Crippen LogP contribution in [0.2, 0.25) is 0 Å². The van der Waals surface area contributed by atoms with Crippen LogP contribution in [-0.2, 0) is 14.3 Å². The van der Waals surface area contributed by atoms with Gasteiger partial charge in [-0.25, -0.2) is 4.79 Å². The molecule has 120 valence electrons. The van der Waals surface area contributed by atoms with Crippen LogP contribution in [0.5, 0.6) is 0 Å². The third-order valence-corrected chi connectivity index (χ3v) is 3.57. The van der Waals surface area contributed by atoms with Crippen molar-refractivity contribution in [1.82, 2.24) is 5.32 Å². The summed E-state index contributed by atoms with van der Waals surface area (Å²) in [6.45, 7) is 3.98. The third-order valence-electron chi connectivity index (χ3n) is 3.57. The summed E-state index contributed by atoms with van der Waals surface area (Å²) in [6, 6.07) is 8.57. The zero-order chi connectivity index (χ0) is 16.3. The van der Waals surface area contributed by atoms with Crippen molar-refractivity contribution in [2.45, 2.75) is 44.6 Å². The predicted molar refractivity (Wildman–Crippen MR) is 79.1 cm³/mol. The molecule has 22 heavy (non-hydrogen) atoms. The Hall–Kier alpha value is -1.92. The minimum atomic E-state index is -1.15. The monoisotopic (exact) mass is 307 g/mol. The van der Waals surface area contributed by atoms with E-state index in [1.165, 1.54) is 0 Å². The van der Waals surface area contributed by atoms with E-state index in [1.807, 2.05) is 32.0 Å². The van der Waals surface area contributed by atoms with Crippen LogP contribution >= 0.6 is 0 Å². The molecule has 0 unspecified atom stereocenters. The average Bonchev–Trinajstić information content (AvgIpc) is 3.27. The van der Waals surface area contributed by atoms with E-state index in [4.69, 9.17) is 9.84 Å². The van der Waals surface area contributed by atoms with E-state index in [2.05, 4.69) is 5.32 Å². The first-order chi connectivity index (χ1) is 10.4. The quantitative estimate of drug-likeness (QED) is 0.655. The number of carboxylic acids is 1. The van der Waals surface area contributed by atoms with Crippen molar-refractivity contribution in [2.24, 2.45) is 5.92 Å². The molecule has 0 aliphatic carbocycles. The number of aliphatic carboxylic acids is 1. The lowest BCUT2D eigenvalue weighted by molar-refractivity contribution is -0.138. The number of nitrogens with one attached hydrogen (secondary N) is 1. The second-order valence-electron chi connectivity index (χ2n) is 5.92. The van der Waals surface area contributed by atoms with Gasteiger partial charge in [-0.05, 0) is 17.9 Å². The number of aliphatic hydroxyl groups excluding tert-OH is 1. The maximum Gasteiger partial charge on any atom is 0.336 e. The molecule has 3 N–H and O–H groups in total. The van der Waals surface area contributed by atoms with Gasteiger partial charge in [0.15, 0.2) is 12.2 Å². The second-order valence-corrected chi connectivity index (χ2v) is 5.92. The van der Waals surface area contributed by atoms with Crippen LogP contribution in [0.25, 0.3) is 0 Å². The molecular formula is C16H21NO5. The number of carbonyl (C=O) groups excluding carboxylic acids is 1. The SMILES string of the molecule is CC(C)C[C@H](NC(=O)[C@H]1O[C@@H]1C(=O)O)[C@H](O)c1ccccc1. The largest absolute Gasteiger partial charge is 0.479 e. The molecule has 1 aromatic carbocycles. The Balaban J connectivity index is 2.03. The van der Waals surface area contributed by atoms with Crippen LogP contribution in [0.3, 0.4) is 0 Å². The van der Waals surface area contributed by atoms with Crippen molar-refractivity contribution in [3.63, 3.8) is 0 Å². The molecule has 1 heterocycles. The van der Waals surface area contributed by atoms with E-state index in [1.54, 1.807) is 12.1 Å².